The lowest BCUT2D eigenvalue weighted by atomic mass is 9.98. The van der Waals surface area contributed by atoms with Crippen LogP contribution in [0, 0.1) is 11.3 Å². The van der Waals surface area contributed by atoms with Gasteiger partial charge in [-0.3, -0.25) is 0 Å². The van der Waals surface area contributed by atoms with Crippen LogP contribution >= 0.6 is 0 Å². The first kappa shape index (κ1) is 24.1. The second-order valence-electron chi connectivity index (χ2n) is 7.18. The smallest absolute Gasteiger partial charge is 0.338 e. The summed E-state index contributed by atoms with van der Waals surface area (Å²) in [5, 5.41) is 77.7. The lowest BCUT2D eigenvalue weighted by Gasteiger charge is -2.41. The predicted molar refractivity (Wildman–Crippen MR) is 106 cm³/mol. The van der Waals surface area contributed by atoms with E-state index >= 15 is 0 Å². The van der Waals surface area contributed by atoms with Crippen molar-refractivity contribution in [3.8, 4) is 29.1 Å². The van der Waals surface area contributed by atoms with Crippen molar-refractivity contribution < 1.29 is 54.8 Å². The minimum Gasteiger partial charge on any atom is -0.508 e. The quantitative estimate of drug-likeness (QED) is 0.218. The van der Waals surface area contributed by atoms with Gasteiger partial charge in [0, 0.05) is 0 Å². The van der Waals surface area contributed by atoms with Gasteiger partial charge in [-0.05, 0) is 29.8 Å². The molecule has 33 heavy (non-hydrogen) atoms. The van der Waals surface area contributed by atoms with Crippen molar-refractivity contribution in [3.63, 3.8) is 0 Å². The number of esters is 1. The maximum Gasteiger partial charge on any atom is 0.338 e. The van der Waals surface area contributed by atoms with Gasteiger partial charge in [0.15, 0.2) is 35.7 Å². The fourth-order valence-electron chi connectivity index (χ4n) is 3.17. The maximum atomic E-state index is 12.6. The van der Waals surface area contributed by atoms with Crippen LogP contribution in [0.15, 0.2) is 36.4 Å². The molecular weight excluding hydrogens is 442 g/mol. The third-order valence-electron chi connectivity index (χ3n) is 4.96. The Morgan fingerprint density at radius 1 is 1.06 bits per heavy atom. The van der Waals surface area contributed by atoms with Crippen LogP contribution in [0.3, 0.4) is 0 Å². The summed E-state index contributed by atoms with van der Waals surface area (Å²) in [6.07, 6.45) is -9.50. The molecule has 3 rings (SSSR count). The number of nitrogens with zero attached hydrogens (tertiary/aromatic N) is 1. The molecule has 0 spiro atoms. The molecule has 176 valence electrons. The van der Waals surface area contributed by atoms with Gasteiger partial charge in [-0.25, -0.2) is 4.79 Å². The molecule has 2 aromatic carbocycles. The predicted octanol–water partition coefficient (Wildman–Crippen LogP) is -0.245. The minimum atomic E-state index is -1.82. The van der Waals surface area contributed by atoms with Crippen molar-refractivity contribution in [2.45, 2.75) is 36.8 Å². The number of carbonyl (C=O) groups is 1. The molecule has 12 heteroatoms. The molecule has 6 atom stereocenters. The second kappa shape index (κ2) is 9.90. The second-order valence-corrected chi connectivity index (χ2v) is 7.18. The maximum absolute atomic E-state index is 12.6. The van der Waals surface area contributed by atoms with Gasteiger partial charge in [0.05, 0.1) is 18.2 Å². The summed E-state index contributed by atoms with van der Waals surface area (Å²) >= 11 is 0. The molecule has 0 amide bonds. The van der Waals surface area contributed by atoms with Crippen LogP contribution in [0.1, 0.15) is 22.0 Å². The van der Waals surface area contributed by atoms with E-state index in [0.717, 1.165) is 12.1 Å². The third kappa shape index (κ3) is 5.08. The van der Waals surface area contributed by atoms with E-state index in [1.807, 2.05) is 6.07 Å². The van der Waals surface area contributed by atoms with Gasteiger partial charge in [0.1, 0.15) is 24.1 Å². The summed E-state index contributed by atoms with van der Waals surface area (Å²) in [5.41, 5.74) is -0.124. The normalized spacial score (nSPS) is 25.7. The van der Waals surface area contributed by atoms with Crippen LogP contribution in [0.5, 0.6) is 23.0 Å². The number of hydrogen-bond acceptors (Lipinski definition) is 12. The molecule has 1 aliphatic heterocycles. The monoisotopic (exact) mass is 463 g/mol. The Labute approximate surface area is 186 Å². The van der Waals surface area contributed by atoms with Crippen molar-refractivity contribution in [3.05, 3.63) is 47.5 Å². The zero-order valence-electron chi connectivity index (χ0n) is 16.8. The molecule has 12 nitrogen and oxygen atoms in total. The summed E-state index contributed by atoms with van der Waals surface area (Å²) in [6, 6.07) is 8.84. The van der Waals surface area contributed by atoms with E-state index in [2.05, 4.69) is 0 Å². The first-order valence-corrected chi connectivity index (χ1v) is 9.58. The molecular formula is C21H21NO11. The Balaban J connectivity index is 1.88. The van der Waals surface area contributed by atoms with E-state index < -0.39 is 72.2 Å². The lowest BCUT2D eigenvalue weighted by Crippen LogP contribution is -2.60. The number of rotatable bonds is 6. The van der Waals surface area contributed by atoms with E-state index in [1.165, 1.54) is 24.3 Å². The van der Waals surface area contributed by atoms with E-state index in [4.69, 9.17) is 14.2 Å². The summed E-state index contributed by atoms with van der Waals surface area (Å²) in [4.78, 5) is 12.6. The summed E-state index contributed by atoms with van der Waals surface area (Å²) in [6.45, 7) is -0.727. The number of nitriles is 1. The molecule has 1 fully saturated rings. The molecule has 7 N–H and O–H groups in total. The Kier molecular flexibility index (Phi) is 7.22. The van der Waals surface area contributed by atoms with Gasteiger partial charge in [-0.1, -0.05) is 12.1 Å². The van der Waals surface area contributed by atoms with E-state index in [9.17, 15) is 45.8 Å². The van der Waals surface area contributed by atoms with E-state index in [0.29, 0.717) is 5.56 Å². The Morgan fingerprint density at radius 2 is 1.67 bits per heavy atom. The molecule has 0 aromatic heterocycles. The average molecular weight is 463 g/mol. The van der Waals surface area contributed by atoms with Crippen LogP contribution in [-0.2, 0) is 14.2 Å². The highest BCUT2D eigenvalue weighted by Crippen LogP contribution is 2.36. The van der Waals surface area contributed by atoms with Crippen molar-refractivity contribution in [2.75, 3.05) is 6.61 Å². The van der Waals surface area contributed by atoms with Crippen molar-refractivity contribution in [2.24, 2.45) is 0 Å². The van der Waals surface area contributed by atoms with E-state index in [-0.39, 0.29) is 5.75 Å². The van der Waals surface area contributed by atoms with Crippen LogP contribution in [0.4, 0.5) is 0 Å². The van der Waals surface area contributed by atoms with Gasteiger partial charge in [-0.2, -0.15) is 5.26 Å². The molecule has 0 saturated carbocycles. The van der Waals surface area contributed by atoms with Crippen molar-refractivity contribution >= 4 is 5.97 Å². The first-order valence-electron chi connectivity index (χ1n) is 9.58. The highest BCUT2D eigenvalue weighted by molar-refractivity contribution is 5.91. The minimum absolute atomic E-state index is 0.0598. The molecule has 0 aliphatic carbocycles. The standard InChI is InChI=1S/C21H21NO11/c22-7-14(9-1-3-11(24)4-2-9)31-21-19(18(29)17(28)15(8-23)32-21)33-20(30)10-5-12(25)16(27)13(26)6-10/h1-6,14-15,17-19,21,23-29H,8H2/t14-,15-,17-,18+,19-,21+/m1/s1. The van der Waals surface area contributed by atoms with Gasteiger partial charge >= 0.3 is 5.97 Å². The zero-order valence-corrected chi connectivity index (χ0v) is 16.8. The number of phenolic OH excluding ortho intramolecular Hbond substituents is 4. The van der Waals surface area contributed by atoms with Crippen LogP contribution in [-0.4, -0.2) is 79.0 Å². The zero-order chi connectivity index (χ0) is 24.3. The molecule has 1 saturated heterocycles. The van der Waals surface area contributed by atoms with Crippen molar-refractivity contribution in [1.82, 2.24) is 0 Å². The van der Waals surface area contributed by atoms with Gasteiger partial charge in [-0.15, -0.1) is 0 Å². The number of benzene rings is 2. The Bertz CT molecular complexity index is 1010. The third-order valence-corrected chi connectivity index (χ3v) is 4.96. The van der Waals surface area contributed by atoms with Gasteiger partial charge in [0.25, 0.3) is 0 Å². The number of ether oxygens (including phenoxy) is 3. The first-order chi connectivity index (χ1) is 15.7. The number of hydrogen-bond donors (Lipinski definition) is 7. The number of phenols is 4. The van der Waals surface area contributed by atoms with Gasteiger partial charge in [0.2, 0.25) is 0 Å². The number of aromatic hydroxyl groups is 4. The van der Waals surface area contributed by atoms with Crippen LogP contribution < -0.4 is 0 Å². The summed E-state index contributed by atoms with van der Waals surface area (Å²) in [7, 11) is 0. The van der Waals surface area contributed by atoms with Gasteiger partial charge < -0.3 is 50.0 Å². The highest BCUT2D eigenvalue weighted by atomic mass is 16.7. The Morgan fingerprint density at radius 3 is 2.21 bits per heavy atom. The molecule has 2 aromatic rings. The molecule has 0 bridgehead atoms. The number of carbonyl (C=O) groups excluding carboxylic acids is 1. The highest BCUT2D eigenvalue weighted by Gasteiger charge is 2.48. The molecule has 1 heterocycles. The van der Waals surface area contributed by atoms with Crippen molar-refractivity contribution in [1.29, 1.82) is 5.26 Å². The SMILES string of the molecule is N#C[C@@H](O[C@H]1O[C@H](CO)[C@@H](O)[C@H](O)[C@H]1OC(=O)c1cc(O)c(O)c(O)c1)c1ccc(O)cc1. The summed E-state index contributed by atoms with van der Waals surface area (Å²) < 4.78 is 16.2. The fourth-order valence-corrected chi connectivity index (χ4v) is 3.17. The Hall–Kier alpha value is -3.60. The van der Waals surface area contributed by atoms with E-state index in [1.54, 1.807) is 0 Å². The topological polar surface area (TPSA) is 210 Å². The molecule has 0 radical (unpaired) electrons. The molecule has 1 aliphatic rings. The average Bonchev–Trinajstić information content (AvgIpc) is 2.80. The van der Waals surface area contributed by atoms with Crippen LogP contribution in [0.2, 0.25) is 0 Å². The largest absolute Gasteiger partial charge is 0.508 e. The number of aliphatic hydroxyl groups is 3. The number of aliphatic hydroxyl groups excluding tert-OH is 3. The fraction of sp³-hybridized carbons (Fsp3) is 0.333. The lowest BCUT2D eigenvalue weighted by molar-refractivity contribution is -0.306. The summed E-state index contributed by atoms with van der Waals surface area (Å²) in [5.74, 6) is -3.74. The molecule has 0 unspecified atom stereocenters. The van der Waals surface area contributed by atoms with Crippen LogP contribution in [0.25, 0.3) is 0 Å².